The summed E-state index contributed by atoms with van der Waals surface area (Å²) in [4.78, 5) is 27.5. The topological polar surface area (TPSA) is 110 Å². The van der Waals surface area contributed by atoms with Crippen LogP contribution in [0.4, 0.5) is 5.69 Å². The fraction of sp³-hybridized carbons (Fsp3) is 0. The summed E-state index contributed by atoms with van der Waals surface area (Å²) in [6, 6.07) is 5.46. The maximum absolute atomic E-state index is 12.3. The molecule has 0 aliphatic carbocycles. The van der Waals surface area contributed by atoms with Crippen molar-refractivity contribution < 1.29 is 14.7 Å². The zero-order valence-corrected chi connectivity index (χ0v) is 13.9. The first-order valence-corrected chi connectivity index (χ1v) is 7.57. The Kier molecular flexibility index (Phi) is 4.64. The van der Waals surface area contributed by atoms with E-state index in [1.807, 2.05) is 0 Å². The monoisotopic (exact) mass is 377 g/mol. The highest BCUT2D eigenvalue weighted by molar-refractivity contribution is 6.42. The van der Waals surface area contributed by atoms with Crippen LogP contribution >= 0.6 is 23.2 Å². The van der Waals surface area contributed by atoms with Gasteiger partial charge in [-0.25, -0.2) is 9.78 Å². The summed E-state index contributed by atoms with van der Waals surface area (Å²) in [7, 11) is 0. The van der Waals surface area contributed by atoms with Crippen LogP contribution in [0.1, 0.15) is 20.8 Å². The standard InChI is InChI=1S/C15H9Cl2N5O3/c16-9-5-8(15(24)25)12(6-10(9)17)19-14(23)11-1-2-13(21-20-11)22-4-3-18-7-22/h1-7H,(H,19,23)(H,24,25). The molecule has 0 radical (unpaired) electrons. The number of rotatable bonds is 4. The molecule has 0 saturated heterocycles. The molecule has 0 fully saturated rings. The average Bonchev–Trinajstić information content (AvgIpc) is 3.12. The van der Waals surface area contributed by atoms with E-state index in [2.05, 4.69) is 20.5 Å². The van der Waals surface area contributed by atoms with Crippen molar-refractivity contribution in [3.8, 4) is 5.82 Å². The van der Waals surface area contributed by atoms with Crippen LogP contribution < -0.4 is 5.32 Å². The number of carboxylic acid groups (broad SMARTS) is 1. The van der Waals surface area contributed by atoms with Crippen LogP contribution in [0.3, 0.4) is 0 Å². The lowest BCUT2D eigenvalue weighted by atomic mass is 10.1. The highest BCUT2D eigenvalue weighted by Crippen LogP contribution is 2.29. The number of imidazole rings is 1. The predicted octanol–water partition coefficient (Wildman–Crippen LogP) is 2.92. The van der Waals surface area contributed by atoms with E-state index < -0.39 is 11.9 Å². The Morgan fingerprint density at radius 2 is 1.88 bits per heavy atom. The number of carbonyl (C=O) groups excluding carboxylic acids is 1. The average molecular weight is 378 g/mol. The summed E-state index contributed by atoms with van der Waals surface area (Å²) >= 11 is 11.7. The van der Waals surface area contributed by atoms with Crippen molar-refractivity contribution in [2.75, 3.05) is 5.32 Å². The van der Waals surface area contributed by atoms with E-state index in [0.717, 1.165) is 6.07 Å². The third-order valence-electron chi connectivity index (χ3n) is 3.19. The first-order chi connectivity index (χ1) is 12.0. The van der Waals surface area contributed by atoms with Gasteiger partial charge in [0.15, 0.2) is 11.5 Å². The first kappa shape index (κ1) is 16.9. The van der Waals surface area contributed by atoms with Gasteiger partial charge in [0.05, 0.1) is 21.3 Å². The van der Waals surface area contributed by atoms with Gasteiger partial charge in [-0.3, -0.25) is 9.36 Å². The number of aromatic carboxylic acids is 1. The number of anilines is 1. The second-order valence-electron chi connectivity index (χ2n) is 4.82. The maximum atomic E-state index is 12.3. The Balaban J connectivity index is 1.85. The van der Waals surface area contributed by atoms with E-state index in [9.17, 15) is 14.7 Å². The molecule has 0 aliphatic heterocycles. The Morgan fingerprint density at radius 1 is 1.12 bits per heavy atom. The van der Waals surface area contributed by atoms with Gasteiger partial charge in [0, 0.05) is 12.4 Å². The first-order valence-electron chi connectivity index (χ1n) is 6.81. The molecule has 3 rings (SSSR count). The lowest BCUT2D eigenvalue weighted by molar-refractivity contribution is 0.0698. The molecule has 1 amide bonds. The van der Waals surface area contributed by atoms with Crippen molar-refractivity contribution >= 4 is 40.8 Å². The van der Waals surface area contributed by atoms with E-state index in [1.165, 1.54) is 12.1 Å². The van der Waals surface area contributed by atoms with Gasteiger partial charge < -0.3 is 10.4 Å². The van der Waals surface area contributed by atoms with Crippen LogP contribution in [0, 0.1) is 0 Å². The van der Waals surface area contributed by atoms with E-state index in [-0.39, 0.29) is 27.0 Å². The lowest BCUT2D eigenvalue weighted by Gasteiger charge is -2.10. The zero-order valence-electron chi connectivity index (χ0n) is 12.3. The molecule has 0 atom stereocenters. The molecule has 2 aromatic heterocycles. The minimum atomic E-state index is -1.25. The van der Waals surface area contributed by atoms with Gasteiger partial charge in [0.2, 0.25) is 0 Å². The van der Waals surface area contributed by atoms with Crippen molar-refractivity contribution in [3.63, 3.8) is 0 Å². The van der Waals surface area contributed by atoms with Crippen LogP contribution in [0.2, 0.25) is 10.0 Å². The van der Waals surface area contributed by atoms with Gasteiger partial charge >= 0.3 is 5.97 Å². The molecule has 126 valence electrons. The molecular formula is C15H9Cl2N5O3. The summed E-state index contributed by atoms with van der Waals surface area (Å²) < 4.78 is 1.62. The highest BCUT2D eigenvalue weighted by Gasteiger charge is 2.17. The molecule has 0 spiro atoms. The smallest absolute Gasteiger partial charge is 0.337 e. The molecule has 3 aromatic rings. The summed E-state index contributed by atoms with van der Waals surface area (Å²) in [6.45, 7) is 0. The van der Waals surface area contributed by atoms with Crippen LogP contribution in [-0.4, -0.2) is 36.7 Å². The summed E-state index contributed by atoms with van der Waals surface area (Å²) in [5.74, 6) is -1.41. The van der Waals surface area contributed by atoms with Crippen LogP contribution in [-0.2, 0) is 0 Å². The fourth-order valence-electron chi connectivity index (χ4n) is 1.99. The van der Waals surface area contributed by atoms with Gasteiger partial charge in [0.1, 0.15) is 6.33 Å². The molecule has 10 heteroatoms. The van der Waals surface area contributed by atoms with E-state index >= 15 is 0 Å². The maximum Gasteiger partial charge on any atom is 0.337 e. The zero-order chi connectivity index (χ0) is 18.0. The highest BCUT2D eigenvalue weighted by atomic mass is 35.5. The third kappa shape index (κ3) is 3.59. The van der Waals surface area contributed by atoms with Crippen molar-refractivity contribution in [1.82, 2.24) is 19.7 Å². The number of carboxylic acids is 1. The lowest BCUT2D eigenvalue weighted by Crippen LogP contribution is -2.17. The number of halogens is 2. The molecule has 25 heavy (non-hydrogen) atoms. The Labute approximate surface area is 151 Å². The Hall–Kier alpha value is -2.97. The van der Waals surface area contributed by atoms with Crippen LogP contribution in [0.15, 0.2) is 43.0 Å². The Bertz CT molecular complexity index is 943. The van der Waals surface area contributed by atoms with Gasteiger partial charge in [-0.05, 0) is 24.3 Å². The van der Waals surface area contributed by atoms with Gasteiger partial charge in [-0.2, -0.15) is 0 Å². The minimum Gasteiger partial charge on any atom is -0.478 e. The molecule has 1 aromatic carbocycles. The second-order valence-corrected chi connectivity index (χ2v) is 5.63. The van der Waals surface area contributed by atoms with E-state index in [0.29, 0.717) is 5.82 Å². The molecule has 8 nitrogen and oxygen atoms in total. The quantitative estimate of drug-likeness (QED) is 0.722. The number of hydrogen-bond acceptors (Lipinski definition) is 5. The fourth-order valence-corrected chi connectivity index (χ4v) is 2.32. The minimum absolute atomic E-state index is 0.00581. The summed E-state index contributed by atoms with van der Waals surface area (Å²) in [5, 5.41) is 19.6. The van der Waals surface area contributed by atoms with Crippen LogP contribution in [0.5, 0.6) is 0 Å². The molecule has 2 N–H and O–H groups in total. The predicted molar refractivity (Wildman–Crippen MR) is 90.5 cm³/mol. The van der Waals surface area contributed by atoms with Crippen molar-refractivity contribution in [1.29, 1.82) is 0 Å². The van der Waals surface area contributed by atoms with Crippen molar-refractivity contribution in [2.45, 2.75) is 0 Å². The van der Waals surface area contributed by atoms with E-state index in [4.69, 9.17) is 23.2 Å². The number of nitrogens with one attached hydrogen (secondary N) is 1. The summed E-state index contributed by atoms with van der Waals surface area (Å²) in [6.07, 6.45) is 4.80. The largest absolute Gasteiger partial charge is 0.478 e. The number of hydrogen-bond donors (Lipinski definition) is 2. The molecule has 0 saturated carbocycles. The number of aromatic nitrogens is 4. The molecule has 0 aliphatic rings. The van der Waals surface area contributed by atoms with Crippen molar-refractivity contribution in [3.05, 3.63) is 64.3 Å². The van der Waals surface area contributed by atoms with Gasteiger partial charge in [-0.1, -0.05) is 23.2 Å². The molecule has 0 unspecified atom stereocenters. The normalized spacial score (nSPS) is 10.5. The number of nitrogens with zero attached hydrogens (tertiary/aromatic N) is 4. The number of carbonyl (C=O) groups is 2. The number of amides is 1. The molecule has 2 heterocycles. The Morgan fingerprint density at radius 3 is 2.48 bits per heavy atom. The second kappa shape index (κ2) is 6.88. The van der Waals surface area contributed by atoms with Crippen molar-refractivity contribution in [2.24, 2.45) is 0 Å². The van der Waals surface area contributed by atoms with Gasteiger partial charge in [0.25, 0.3) is 5.91 Å². The van der Waals surface area contributed by atoms with Crippen LogP contribution in [0.25, 0.3) is 5.82 Å². The third-order valence-corrected chi connectivity index (χ3v) is 3.91. The van der Waals surface area contributed by atoms with E-state index in [1.54, 1.807) is 29.4 Å². The molecular weight excluding hydrogens is 369 g/mol. The summed E-state index contributed by atoms with van der Waals surface area (Å²) in [5.41, 5.74) is -0.176. The number of benzene rings is 1. The van der Waals surface area contributed by atoms with Gasteiger partial charge in [-0.15, -0.1) is 10.2 Å². The molecule has 0 bridgehead atoms. The SMILES string of the molecule is O=C(Nc1cc(Cl)c(Cl)cc1C(=O)O)c1ccc(-n2ccnc2)nn1.